The number of hydrogen-bond acceptors (Lipinski definition) is 4. The highest BCUT2D eigenvalue weighted by Gasteiger charge is 2.19. The number of hydrogen-bond donors (Lipinski definition) is 1. The molecule has 25 heavy (non-hydrogen) atoms. The molecule has 2 aromatic rings. The predicted octanol–water partition coefficient (Wildman–Crippen LogP) is 2.34. The van der Waals surface area contributed by atoms with Gasteiger partial charge in [-0.05, 0) is 45.1 Å². The Morgan fingerprint density at radius 1 is 1.08 bits per heavy atom. The third kappa shape index (κ3) is 5.49. The van der Waals surface area contributed by atoms with Crippen LogP contribution in [-0.2, 0) is 16.4 Å². The molecule has 0 radical (unpaired) electrons. The van der Waals surface area contributed by atoms with Gasteiger partial charge in [-0.1, -0.05) is 42.5 Å². The third-order valence-electron chi connectivity index (χ3n) is 4.10. The lowest BCUT2D eigenvalue weighted by atomic mass is 10.1. The van der Waals surface area contributed by atoms with Crippen molar-refractivity contribution in [1.82, 2.24) is 9.62 Å². The first-order valence-corrected chi connectivity index (χ1v) is 9.59. The summed E-state index contributed by atoms with van der Waals surface area (Å²) in [5.74, 6) is -0.160. The van der Waals surface area contributed by atoms with Crippen LogP contribution in [0.15, 0.2) is 59.5 Å². The van der Waals surface area contributed by atoms with Crippen molar-refractivity contribution >= 4 is 15.8 Å². The molecular weight excluding hydrogens is 336 g/mol. The molecule has 2 aromatic carbocycles. The summed E-state index contributed by atoms with van der Waals surface area (Å²) in [4.78, 5) is 13.6. The Morgan fingerprint density at radius 2 is 1.76 bits per heavy atom. The Hall–Kier alpha value is -2.02. The second-order valence-corrected chi connectivity index (χ2v) is 8.01. The van der Waals surface area contributed by atoms with Crippen LogP contribution in [0.4, 0.5) is 0 Å². The molecule has 0 fully saturated rings. The summed E-state index contributed by atoms with van der Waals surface area (Å²) in [7, 11) is 0.192. The highest BCUT2D eigenvalue weighted by Crippen LogP contribution is 2.13. The van der Waals surface area contributed by atoms with Crippen molar-refractivity contribution in [2.75, 3.05) is 20.6 Å². The van der Waals surface area contributed by atoms with Crippen LogP contribution in [0.25, 0.3) is 0 Å². The second-order valence-electron chi connectivity index (χ2n) is 6.24. The Bertz CT molecular complexity index is 818. The van der Waals surface area contributed by atoms with E-state index < -0.39 is 10.0 Å². The minimum absolute atomic E-state index is 0.0214. The van der Waals surface area contributed by atoms with Gasteiger partial charge in [-0.3, -0.25) is 4.79 Å². The van der Waals surface area contributed by atoms with Gasteiger partial charge in [0, 0.05) is 18.2 Å². The zero-order chi connectivity index (χ0) is 18.4. The molecule has 2 rings (SSSR count). The van der Waals surface area contributed by atoms with Crippen LogP contribution in [0.5, 0.6) is 0 Å². The van der Waals surface area contributed by atoms with Crippen molar-refractivity contribution in [3.05, 3.63) is 65.7 Å². The average molecular weight is 360 g/mol. The van der Waals surface area contributed by atoms with Gasteiger partial charge in [-0.15, -0.1) is 0 Å². The highest BCUT2D eigenvalue weighted by molar-refractivity contribution is 7.89. The van der Waals surface area contributed by atoms with Gasteiger partial charge >= 0.3 is 0 Å². The molecule has 134 valence electrons. The minimum atomic E-state index is -3.67. The van der Waals surface area contributed by atoms with Crippen LogP contribution in [0.3, 0.4) is 0 Å². The second kappa shape index (κ2) is 8.38. The normalized spacial score (nSPS) is 13.0. The maximum absolute atomic E-state index is 12.5. The third-order valence-corrected chi connectivity index (χ3v) is 5.53. The van der Waals surface area contributed by atoms with Crippen molar-refractivity contribution in [3.8, 4) is 0 Å². The number of ketones is 1. The van der Waals surface area contributed by atoms with Gasteiger partial charge in [0.25, 0.3) is 0 Å². The van der Waals surface area contributed by atoms with E-state index in [4.69, 9.17) is 0 Å². The van der Waals surface area contributed by atoms with Gasteiger partial charge in [0.05, 0.1) is 4.90 Å². The molecular formula is C19H24N2O3S. The summed E-state index contributed by atoms with van der Waals surface area (Å²) in [6, 6.07) is 16.1. The fourth-order valence-corrected chi connectivity index (χ4v) is 3.61. The first-order valence-electron chi connectivity index (χ1n) is 8.10. The van der Waals surface area contributed by atoms with E-state index in [1.54, 1.807) is 12.1 Å². The maximum Gasteiger partial charge on any atom is 0.240 e. The van der Waals surface area contributed by atoms with Crippen molar-refractivity contribution < 1.29 is 13.2 Å². The first-order chi connectivity index (χ1) is 11.8. The van der Waals surface area contributed by atoms with Gasteiger partial charge in [0.15, 0.2) is 5.78 Å². The Kier molecular flexibility index (Phi) is 6.47. The molecule has 0 aliphatic carbocycles. The molecule has 5 nitrogen and oxygen atoms in total. The van der Waals surface area contributed by atoms with E-state index in [2.05, 4.69) is 4.72 Å². The zero-order valence-corrected chi connectivity index (χ0v) is 15.6. The van der Waals surface area contributed by atoms with Crippen molar-refractivity contribution in [3.63, 3.8) is 0 Å². The van der Waals surface area contributed by atoms with Crippen molar-refractivity contribution in [2.24, 2.45) is 0 Å². The monoisotopic (exact) mass is 360 g/mol. The molecule has 0 saturated heterocycles. The van der Waals surface area contributed by atoms with E-state index in [0.29, 0.717) is 5.56 Å². The largest absolute Gasteiger partial charge is 0.305 e. The van der Waals surface area contributed by atoms with Gasteiger partial charge in [0.2, 0.25) is 10.0 Å². The van der Waals surface area contributed by atoms with Gasteiger partial charge in [-0.25, -0.2) is 13.1 Å². The fourth-order valence-electron chi connectivity index (χ4n) is 2.49. The van der Waals surface area contributed by atoms with E-state index in [1.807, 2.05) is 49.3 Å². The molecule has 1 N–H and O–H groups in total. The molecule has 0 bridgehead atoms. The van der Waals surface area contributed by atoms with Crippen LogP contribution in [0, 0.1) is 0 Å². The van der Waals surface area contributed by atoms with Crippen molar-refractivity contribution in [2.45, 2.75) is 24.3 Å². The smallest absolute Gasteiger partial charge is 0.240 e. The molecule has 0 amide bonds. The molecule has 0 aliphatic rings. The highest BCUT2D eigenvalue weighted by atomic mass is 32.2. The Labute approximate surface area is 149 Å². The summed E-state index contributed by atoms with van der Waals surface area (Å²) in [5, 5.41) is 0. The van der Waals surface area contributed by atoms with Crippen LogP contribution in [0.1, 0.15) is 22.8 Å². The van der Waals surface area contributed by atoms with Gasteiger partial charge in [0.1, 0.15) is 0 Å². The van der Waals surface area contributed by atoms with E-state index in [9.17, 15) is 13.2 Å². The Morgan fingerprint density at radius 3 is 2.36 bits per heavy atom. The number of likely N-dealkylation sites (N-methyl/N-ethyl adjacent to an activating group) is 1. The Balaban J connectivity index is 2.11. The number of sulfonamides is 1. The quantitative estimate of drug-likeness (QED) is 0.734. The number of nitrogens with zero attached hydrogens (tertiary/aromatic N) is 1. The summed E-state index contributed by atoms with van der Waals surface area (Å²) in [6.07, 6.45) is 0.740. The molecule has 0 aromatic heterocycles. The van der Waals surface area contributed by atoms with E-state index >= 15 is 0 Å². The molecule has 0 aliphatic heterocycles. The number of Topliss-reactive ketones (excluding diaryl/α,β-unsaturated/α-hetero) is 1. The van der Waals surface area contributed by atoms with Crippen LogP contribution in [0.2, 0.25) is 0 Å². The van der Waals surface area contributed by atoms with E-state index in [1.165, 1.54) is 19.1 Å². The topological polar surface area (TPSA) is 66.5 Å². The number of carbonyl (C=O) groups excluding carboxylic acids is 1. The van der Waals surface area contributed by atoms with Gasteiger partial charge in [-0.2, -0.15) is 0 Å². The SMILES string of the molecule is CC(=O)c1cccc(S(=O)(=O)NCC(Cc2ccccc2)N(C)C)c1. The summed E-state index contributed by atoms with van der Waals surface area (Å²) in [5.41, 5.74) is 1.54. The van der Waals surface area contributed by atoms with Crippen LogP contribution >= 0.6 is 0 Å². The fraction of sp³-hybridized carbons (Fsp3) is 0.316. The summed E-state index contributed by atoms with van der Waals surface area (Å²) < 4.78 is 27.8. The number of rotatable bonds is 8. The standard InChI is InChI=1S/C19H24N2O3S/c1-15(22)17-10-7-11-19(13-17)25(23,24)20-14-18(21(2)3)12-16-8-5-4-6-9-16/h4-11,13,18,20H,12,14H2,1-3H3. The van der Waals surface area contributed by atoms with Crippen molar-refractivity contribution in [1.29, 1.82) is 0 Å². The van der Waals surface area contributed by atoms with E-state index in [0.717, 1.165) is 12.0 Å². The lowest BCUT2D eigenvalue weighted by molar-refractivity contribution is 0.101. The molecule has 0 saturated carbocycles. The van der Waals surface area contributed by atoms with E-state index in [-0.39, 0.29) is 23.3 Å². The van der Waals surface area contributed by atoms with Crippen LogP contribution in [-0.4, -0.2) is 45.8 Å². The lowest BCUT2D eigenvalue weighted by Crippen LogP contribution is -2.41. The van der Waals surface area contributed by atoms with Crippen LogP contribution < -0.4 is 4.72 Å². The minimum Gasteiger partial charge on any atom is -0.305 e. The lowest BCUT2D eigenvalue weighted by Gasteiger charge is -2.24. The number of benzene rings is 2. The number of carbonyl (C=O) groups is 1. The molecule has 1 unspecified atom stereocenters. The first kappa shape index (κ1) is 19.3. The molecule has 6 heteroatoms. The molecule has 1 atom stereocenters. The zero-order valence-electron chi connectivity index (χ0n) is 14.8. The average Bonchev–Trinajstić information content (AvgIpc) is 2.59. The molecule has 0 spiro atoms. The number of nitrogens with one attached hydrogen (secondary N) is 1. The van der Waals surface area contributed by atoms with Gasteiger partial charge < -0.3 is 4.90 Å². The molecule has 0 heterocycles. The predicted molar refractivity (Wildman–Crippen MR) is 99.3 cm³/mol. The summed E-state index contributed by atoms with van der Waals surface area (Å²) >= 11 is 0. The maximum atomic E-state index is 12.5. The summed E-state index contributed by atoms with van der Waals surface area (Å²) in [6.45, 7) is 1.70.